The lowest BCUT2D eigenvalue weighted by Gasteiger charge is -2.19. The summed E-state index contributed by atoms with van der Waals surface area (Å²) in [6.45, 7) is 13.6. The second-order valence-electron chi connectivity index (χ2n) is 11.5. The van der Waals surface area contributed by atoms with Gasteiger partial charge in [0.05, 0.1) is 17.1 Å². The van der Waals surface area contributed by atoms with Crippen LogP contribution in [0.2, 0.25) is 0 Å². The largest absolute Gasteiger partial charge is 0.348 e. The van der Waals surface area contributed by atoms with Gasteiger partial charge in [-0.3, -0.25) is 0 Å². The first-order valence-corrected chi connectivity index (χ1v) is 13.3. The molecule has 0 atom stereocenters. The van der Waals surface area contributed by atoms with E-state index in [1.165, 1.54) is 56.1 Å². The Morgan fingerprint density at radius 2 is 1.38 bits per heavy atom. The third-order valence-corrected chi connectivity index (χ3v) is 7.56. The smallest absolute Gasteiger partial charge is 0.0549 e. The standard InChI is InChI=1S/C35H38N2/c1-24(2)29-19-18-27(26-13-9-8-10-14-26)21-31(29)34-22-28(35(4,5)6)23-37(34)33-16-12-11-15-30(33)32-20-17-25(3)36(32)7/h8-24H,1-7H3. The molecule has 0 aliphatic heterocycles. The summed E-state index contributed by atoms with van der Waals surface area (Å²) in [4.78, 5) is 0. The van der Waals surface area contributed by atoms with E-state index in [9.17, 15) is 0 Å². The SMILES string of the molecule is Cc1ccc(-c2ccccc2-n2cc(C(C)(C)C)cc2-c2cc(-c3ccccc3)ccc2C(C)C)n1C. The molecule has 0 N–H and O–H groups in total. The quantitative estimate of drug-likeness (QED) is 0.234. The van der Waals surface area contributed by atoms with Gasteiger partial charge in [-0.25, -0.2) is 0 Å². The summed E-state index contributed by atoms with van der Waals surface area (Å²) < 4.78 is 4.70. The van der Waals surface area contributed by atoms with E-state index in [0.717, 1.165) is 0 Å². The fraction of sp³-hybridized carbons (Fsp3) is 0.257. The molecular formula is C35H38N2. The lowest BCUT2D eigenvalue weighted by Crippen LogP contribution is -2.09. The molecule has 2 heterocycles. The Labute approximate surface area is 222 Å². The summed E-state index contributed by atoms with van der Waals surface area (Å²) in [6.07, 6.45) is 2.35. The zero-order chi connectivity index (χ0) is 26.3. The summed E-state index contributed by atoms with van der Waals surface area (Å²) in [5.74, 6) is 0.409. The molecule has 2 aromatic heterocycles. The van der Waals surface area contributed by atoms with Crippen LogP contribution in [0.5, 0.6) is 0 Å². The van der Waals surface area contributed by atoms with Crippen molar-refractivity contribution in [2.75, 3.05) is 0 Å². The van der Waals surface area contributed by atoms with Gasteiger partial charge in [-0.2, -0.15) is 0 Å². The van der Waals surface area contributed by atoms with Gasteiger partial charge in [0, 0.05) is 30.1 Å². The molecule has 0 fully saturated rings. The van der Waals surface area contributed by atoms with Crippen LogP contribution < -0.4 is 0 Å². The molecule has 0 unspecified atom stereocenters. The van der Waals surface area contributed by atoms with Gasteiger partial charge >= 0.3 is 0 Å². The molecule has 0 amide bonds. The number of hydrogen-bond acceptors (Lipinski definition) is 0. The number of hydrogen-bond donors (Lipinski definition) is 0. The predicted molar refractivity (Wildman–Crippen MR) is 159 cm³/mol. The van der Waals surface area contributed by atoms with Gasteiger partial charge in [0.25, 0.3) is 0 Å². The van der Waals surface area contributed by atoms with Crippen molar-refractivity contribution in [3.8, 4) is 39.3 Å². The molecule has 5 rings (SSSR count). The Morgan fingerprint density at radius 1 is 0.676 bits per heavy atom. The molecule has 0 saturated carbocycles. The number of para-hydroxylation sites is 1. The lowest BCUT2D eigenvalue weighted by atomic mass is 9.87. The fourth-order valence-corrected chi connectivity index (χ4v) is 5.16. The molecule has 0 spiro atoms. The average Bonchev–Trinajstić information content (AvgIpc) is 3.48. The molecule has 3 aromatic carbocycles. The summed E-state index contributed by atoms with van der Waals surface area (Å²) in [7, 11) is 2.15. The first kappa shape index (κ1) is 24.9. The van der Waals surface area contributed by atoms with Gasteiger partial charge in [-0.15, -0.1) is 0 Å². The third kappa shape index (κ3) is 4.69. The third-order valence-electron chi connectivity index (χ3n) is 7.56. The topological polar surface area (TPSA) is 9.86 Å². The molecule has 0 aliphatic carbocycles. The van der Waals surface area contributed by atoms with Crippen LogP contribution in [0.1, 0.15) is 57.4 Å². The predicted octanol–water partition coefficient (Wildman–Crippen LogP) is 9.55. The summed E-state index contributed by atoms with van der Waals surface area (Å²) in [6, 6.07) is 33.3. The maximum atomic E-state index is 2.42. The van der Waals surface area contributed by atoms with Crippen LogP contribution in [0.25, 0.3) is 39.3 Å². The molecule has 0 radical (unpaired) electrons. The van der Waals surface area contributed by atoms with Gasteiger partial charge in [-0.05, 0) is 70.8 Å². The maximum absolute atomic E-state index is 2.42. The molecule has 5 aromatic rings. The van der Waals surface area contributed by atoms with Crippen molar-refractivity contribution in [2.45, 2.75) is 52.9 Å². The maximum Gasteiger partial charge on any atom is 0.0549 e. The molecule has 188 valence electrons. The van der Waals surface area contributed by atoms with E-state index in [1.54, 1.807) is 0 Å². The molecule has 2 nitrogen and oxygen atoms in total. The van der Waals surface area contributed by atoms with Crippen molar-refractivity contribution < 1.29 is 0 Å². The zero-order valence-corrected chi connectivity index (χ0v) is 23.2. The van der Waals surface area contributed by atoms with E-state index >= 15 is 0 Å². The van der Waals surface area contributed by atoms with E-state index in [2.05, 4.69) is 155 Å². The van der Waals surface area contributed by atoms with Crippen LogP contribution in [0.4, 0.5) is 0 Å². The van der Waals surface area contributed by atoms with Crippen molar-refractivity contribution in [3.05, 3.63) is 114 Å². The number of benzene rings is 3. The highest BCUT2D eigenvalue weighted by atomic mass is 15.0. The van der Waals surface area contributed by atoms with E-state index < -0.39 is 0 Å². The van der Waals surface area contributed by atoms with E-state index in [4.69, 9.17) is 0 Å². The van der Waals surface area contributed by atoms with Crippen molar-refractivity contribution >= 4 is 0 Å². The zero-order valence-electron chi connectivity index (χ0n) is 23.2. The van der Waals surface area contributed by atoms with E-state index in [0.29, 0.717) is 5.92 Å². The van der Waals surface area contributed by atoms with Crippen LogP contribution in [-0.2, 0) is 12.5 Å². The normalized spacial score (nSPS) is 11.9. The van der Waals surface area contributed by atoms with E-state index in [-0.39, 0.29) is 5.41 Å². The monoisotopic (exact) mass is 486 g/mol. The number of aryl methyl sites for hydroxylation is 1. The molecule has 2 heteroatoms. The Balaban J connectivity index is 1.80. The van der Waals surface area contributed by atoms with Gasteiger partial charge < -0.3 is 9.13 Å². The Morgan fingerprint density at radius 3 is 2.03 bits per heavy atom. The molecule has 0 aliphatic rings. The highest BCUT2D eigenvalue weighted by molar-refractivity contribution is 5.79. The second kappa shape index (κ2) is 9.59. The molecule has 0 bridgehead atoms. The van der Waals surface area contributed by atoms with Crippen LogP contribution >= 0.6 is 0 Å². The minimum Gasteiger partial charge on any atom is -0.348 e. The summed E-state index contributed by atoms with van der Waals surface area (Å²) in [5, 5.41) is 0. The molecule has 37 heavy (non-hydrogen) atoms. The lowest BCUT2D eigenvalue weighted by molar-refractivity contribution is 0.590. The summed E-state index contributed by atoms with van der Waals surface area (Å²) >= 11 is 0. The minimum atomic E-state index is 0.0333. The summed E-state index contributed by atoms with van der Waals surface area (Å²) in [5.41, 5.74) is 12.7. The van der Waals surface area contributed by atoms with Crippen LogP contribution in [-0.4, -0.2) is 9.13 Å². The van der Waals surface area contributed by atoms with Gasteiger partial charge in [0.15, 0.2) is 0 Å². The minimum absolute atomic E-state index is 0.0333. The van der Waals surface area contributed by atoms with Crippen molar-refractivity contribution in [3.63, 3.8) is 0 Å². The van der Waals surface area contributed by atoms with Crippen molar-refractivity contribution in [1.29, 1.82) is 0 Å². The van der Waals surface area contributed by atoms with Crippen LogP contribution in [0, 0.1) is 6.92 Å². The second-order valence-corrected chi connectivity index (χ2v) is 11.5. The number of rotatable bonds is 5. The molecule has 0 saturated heterocycles. The van der Waals surface area contributed by atoms with Crippen LogP contribution in [0.3, 0.4) is 0 Å². The van der Waals surface area contributed by atoms with Gasteiger partial charge in [-0.1, -0.05) is 95.3 Å². The number of aromatic nitrogens is 2. The highest BCUT2D eigenvalue weighted by Gasteiger charge is 2.23. The van der Waals surface area contributed by atoms with Gasteiger partial charge in [0.2, 0.25) is 0 Å². The highest BCUT2D eigenvalue weighted by Crippen LogP contribution is 2.40. The number of nitrogens with zero attached hydrogens (tertiary/aromatic N) is 2. The first-order chi connectivity index (χ1) is 17.6. The fourth-order valence-electron chi connectivity index (χ4n) is 5.16. The Bertz CT molecular complexity index is 1540. The van der Waals surface area contributed by atoms with Crippen molar-refractivity contribution in [1.82, 2.24) is 9.13 Å². The first-order valence-electron chi connectivity index (χ1n) is 13.3. The Hall–Kier alpha value is -3.78. The Kier molecular flexibility index (Phi) is 6.45. The van der Waals surface area contributed by atoms with Gasteiger partial charge in [0.1, 0.15) is 0 Å². The average molecular weight is 487 g/mol. The van der Waals surface area contributed by atoms with Crippen LogP contribution in [0.15, 0.2) is 97.2 Å². The van der Waals surface area contributed by atoms with E-state index in [1.807, 2.05) is 0 Å². The van der Waals surface area contributed by atoms with Crippen molar-refractivity contribution in [2.24, 2.45) is 7.05 Å². The molecular weight excluding hydrogens is 448 g/mol.